The topological polar surface area (TPSA) is 57.0 Å². The van der Waals surface area contributed by atoms with Gasteiger partial charge in [-0.2, -0.15) is 0 Å². The van der Waals surface area contributed by atoms with Gasteiger partial charge in [0.05, 0.1) is 0 Å². The Bertz CT molecular complexity index is 703. The first kappa shape index (κ1) is 18.2. The first-order chi connectivity index (χ1) is 11.6. The molecule has 7 heteroatoms. The van der Waals surface area contributed by atoms with E-state index in [1.54, 1.807) is 31.2 Å². The van der Waals surface area contributed by atoms with Crippen molar-refractivity contribution in [2.45, 2.75) is 38.1 Å². The highest BCUT2D eigenvalue weighted by atomic mass is 32.2. The minimum Gasteiger partial charge on any atom is -0.483 e. The number of ketones is 1. The molecule has 0 fully saturated rings. The van der Waals surface area contributed by atoms with Crippen molar-refractivity contribution in [3.05, 3.63) is 48.6 Å². The van der Waals surface area contributed by atoms with Crippen molar-refractivity contribution in [1.82, 2.24) is 14.8 Å². The van der Waals surface area contributed by atoms with Crippen LogP contribution in [0.2, 0.25) is 0 Å². The monoisotopic (exact) mass is 349 g/mol. The SMILES string of the molecule is C=CCn1c(COc2ccccc2F)nnc1SCCCC(C)=O. The summed E-state index contributed by atoms with van der Waals surface area (Å²) in [5, 5.41) is 9.02. The Kier molecular flexibility index (Phi) is 6.99. The zero-order valence-electron chi connectivity index (χ0n) is 13.6. The summed E-state index contributed by atoms with van der Waals surface area (Å²) in [5.41, 5.74) is 0. The van der Waals surface area contributed by atoms with E-state index in [-0.39, 0.29) is 18.1 Å². The van der Waals surface area contributed by atoms with Gasteiger partial charge < -0.3 is 9.53 Å². The molecule has 0 saturated heterocycles. The van der Waals surface area contributed by atoms with E-state index in [4.69, 9.17) is 4.74 Å². The van der Waals surface area contributed by atoms with Crippen LogP contribution in [0.25, 0.3) is 0 Å². The standard InChI is InChI=1S/C17H20FN3O2S/c1-3-10-21-16(12-23-15-9-5-4-8-14(15)18)19-20-17(21)24-11-6-7-13(2)22/h3-5,8-9H,1,6-7,10-12H2,2H3. The summed E-state index contributed by atoms with van der Waals surface area (Å²) in [5.74, 6) is 1.34. The summed E-state index contributed by atoms with van der Waals surface area (Å²) in [4.78, 5) is 11.0. The Labute approximate surface area is 144 Å². The number of carbonyl (C=O) groups excluding carboxylic acids is 1. The van der Waals surface area contributed by atoms with Crippen LogP contribution in [0.3, 0.4) is 0 Å². The maximum absolute atomic E-state index is 13.6. The minimum atomic E-state index is -0.411. The third kappa shape index (κ3) is 5.19. The van der Waals surface area contributed by atoms with Gasteiger partial charge in [0.1, 0.15) is 12.4 Å². The first-order valence-corrected chi connectivity index (χ1v) is 8.63. The van der Waals surface area contributed by atoms with Gasteiger partial charge in [0.15, 0.2) is 22.5 Å². The van der Waals surface area contributed by atoms with Crippen molar-refractivity contribution < 1.29 is 13.9 Å². The number of ether oxygens (including phenoxy) is 1. The van der Waals surface area contributed by atoms with E-state index in [2.05, 4.69) is 16.8 Å². The third-order valence-electron chi connectivity index (χ3n) is 3.20. The van der Waals surface area contributed by atoms with E-state index in [9.17, 15) is 9.18 Å². The lowest BCUT2D eigenvalue weighted by atomic mass is 10.3. The number of carbonyl (C=O) groups is 1. The molecule has 24 heavy (non-hydrogen) atoms. The van der Waals surface area contributed by atoms with E-state index in [1.165, 1.54) is 17.8 Å². The van der Waals surface area contributed by atoms with Gasteiger partial charge in [-0.3, -0.25) is 4.57 Å². The lowest BCUT2D eigenvalue weighted by Crippen LogP contribution is -2.08. The number of hydrogen-bond donors (Lipinski definition) is 0. The van der Waals surface area contributed by atoms with Crippen LogP contribution in [0.15, 0.2) is 42.1 Å². The lowest BCUT2D eigenvalue weighted by molar-refractivity contribution is -0.117. The fraction of sp³-hybridized carbons (Fsp3) is 0.353. The largest absolute Gasteiger partial charge is 0.483 e. The van der Waals surface area contributed by atoms with Crippen LogP contribution in [-0.2, 0) is 17.9 Å². The van der Waals surface area contributed by atoms with E-state index in [1.807, 2.05) is 4.57 Å². The fourth-order valence-electron chi connectivity index (χ4n) is 2.03. The Morgan fingerprint density at radius 3 is 2.92 bits per heavy atom. The van der Waals surface area contributed by atoms with Crippen molar-refractivity contribution in [3.8, 4) is 5.75 Å². The van der Waals surface area contributed by atoms with Gasteiger partial charge in [-0.15, -0.1) is 16.8 Å². The van der Waals surface area contributed by atoms with Gasteiger partial charge in [-0.1, -0.05) is 30.0 Å². The summed E-state index contributed by atoms with van der Waals surface area (Å²) in [6.07, 6.45) is 3.10. The lowest BCUT2D eigenvalue weighted by Gasteiger charge is -2.09. The zero-order chi connectivity index (χ0) is 17.4. The van der Waals surface area contributed by atoms with Crippen LogP contribution in [0, 0.1) is 5.82 Å². The molecule has 128 valence electrons. The van der Waals surface area contributed by atoms with Crippen LogP contribution in [0.5, 0.6) is 5.75 Å². The number of thioether (sulfide) groups is 1. The van der Waals surface area contributed by atoms with Crippen molar-refractivity contribution in [1.29, 1.82) is 0 Å². The number of halogens is 1. The molecular weight excluding hydrogens is 329 g/mol. The van der Waals surface area contributed by atoms with Crippen molar-refractivity contribution in [2.24, 2.45) is 0 Å². The van der Waals surface area contributed by atoms with Gasteiger partial charge in [0.25, 0.3) is 0 Å². The van der Waals surface area contributed by atoms with Gasteiger partial charge in [-0.25, -0.2) is 4.39 Å². The van der Waals surface area contributed by atoms with Crippen molar-refractivity contribution >= 4 is 17.5 Å². The van der Waals surface area contributed by atoms with Crippen molar-refractivity contribution in [3.63, 3.8) is 0 Å². The molecule has 0 unspecified atom stereocenters. The molecule has 0 aliphatic rings. The molecule has 5 nitrogen and oxygen atoms in total. The van der Waals surface area contributed by atoms with Crippen molar-refractivity contribution in [2.75, 3.05) is 5.75 Å². The van der Waals surface area contributed by atoms with Gasteiger partial charge >= 0.3 is 0 Å². The summed E-state index contributed by atoms with van der Waals surface area (Å²) in [6.45, 7) is 5.99. The molecule has 2 rings (SSSR count). The Hall–Kier alpha value is -2.15. The highest BCUT2D eigenvalue weighted by molar-refractivity contribution is 7.99. The molecule has 0 radical (unpaired) electrons. The molecule has 0 atom stereocenters. The molecule has 0 spiro atoms. The van der Waals surface area contributed by atoms with Gasteiger partial charge in [0.2, 0.25) is 0 Å². The summed E-state index contributed by atoms with van der Waals surface area (Å²) < 4.78 is 21.0. The number of nitrogens with zero attached hydrogens (tertiary/aromatic N) is 3. The van der Waals surface area contributed by atoms with Crippen LogP contribution in [0.1, 0.15) is 25.6 Å². The van der Waals surface area contributed by atoms with E-state index in [0.717, 1.165) is 17.3 Å². The molecule has 2 aromatic rings. The zero-order valence-corrected chi connectivity index (χ0v) is 14.4. The molecular formula is C17H20FN3O2S. The normalized spacial score (nSPS) is 10.6. The number of hydrogen-bond acceptors (Lipinski definition) is 5. The summed E-state index contributed by atoms with van der Waals surface area (Å²) in [6, 6.07) is 6.24. The number of para-hydroxylation sites is 1. The van der Waals surface area contributed by atoms with Crippen LogP contribution in [-0.4, -0.2) is 26.3 Å². The Morgan fingerprint density at radius 2 is 2.21 bits per heavy atom. The molecule has 0 amide bonds. The average molecular weight is 349 g/mol. The molecule has 0 aliphatic carbocycles. The van der Waals surface area contributed by atoms with E-state index >= 15 is 0 Å². The summed E-state index contributed by atoms with van der Waals surface area (Å²) >= 11 is 1.53. The second-order valence-electron chi connectivity index (χ2n) is 5.17. The summed E-state index contributed by atoms with van der Waals surface area (Å²) in [7, 11) is 0. The number of aromatic nitrogens is 3. The number of benzene rings is 1. The highest BCUT2D eigenvalue weighted by Crippen LogP contribution is 2.21. The van der Waals surface area contributed by atoms with Gasteiger partial charge in [-0.05, 0) is 25.5 Å². The molecule has 1 aromatic carbocycles. The van der Waals surface area contributed by atoms with Crippen LogP contribution in [0.4, 0.5) is 4.39 Å². The third-order valence-corrected chi connectivity index (χ3v) is 4.26. The smallest absolute Gasteiger partial charge is 0.191 e. The van der Waals surface area contributed by atoms with Gasteiger partial charge in [0, 0.05) is 18.7 Å². The Morgan fingerprint density at radius 1 is 1.42 bits per heavy atom. The number of rotatable bonds is 10. The first-order valence-electron chi connectivity index (χ1n) is 7.64. The molecule has 0 N–H and O–H groups in total. The number of allylic oxidation sites excluding steroid dienone is 1. The predicted octanol–water partition coefficient (Wildman–Crippen LogP) is 3.64. The molecule has 1 heterocycles. The maximum atomic E-state index is 13.6. The fourth-order valence-corrected chi connectivity index (χ4v) is 2.94. The minimum absolute atomic E-state index is 0.121. The van der Waals surface area contributed by atoms with Crippen LogP contribution >= 0.6 is 11.8 Å². The molecule has 0 bridgehead atoms. The number of Topliss-reactive ketones (excluding diaryl/α,β-unsaturated/α-hetero) is 1. The molecule has 1 aromatic heterocycles. The highest BCUT2D eigenvalue weighted by Gasteiger charge is 2.13. The molecule has 0 saturated carbocycles. The predicted molar refractivity (Wildman–Crippen MR) is 91.6 cm³/mol. The second kappa shape index (κ2) is 9.22. The Balaban J connectivity index is 2.00. The molecule has 0 aliphatic heterocycles. The van der Waals surface area contributed by atoms with E-state index < -0.39 is 5.82 Å². The second-order valence-corrected chi connectivity index (χ2v) is 6.23. The maximum Gasteiger partial charge on any atom is 0.191 e. The van der Waals surface area contributed by atoms with E-state index in [0.29, 0.717) is 18.8 Å². The average Bonchev–Trinajstić information content (AvgIpc) is 2.93. The quantitative estimate of drug-likeness (QED) is 0.372. The van der Waals surface area contributed by atoms with Crippen LogP contribution < -0.4 is 4.74 Å².